The van der Waals surface area contributed by atoms with Crippen molar-refractivity contribution in [1.29, 1.82) is 0 Å². The van der Waals surface area contributed by atoms with Gasteiger partial charge in [-0.25, -0.2) is 0 Å². The monoisotopic (exact) mass is 148 g/mol. The first-order valence-electron chi connectivity index (χ1n) is 3.95. The minimum Gasteiger partial charge on any atom is -0.372 e. The van der Waals surface area contributed by atoms with Gasteiger partial charge in [0, 0.05) is 0 Å². The Kier molecular flexibility index (Phi) is 1.46. The third kappa shape index (κ3) is 0.962. The highest BCUT2D eigenvalue weighted by atomic mass is 16.5. The topological polar surface area (TPSA) is 9.23 Å². The van der Waals surface area contributed by atoms with E-state index in [2.05, 4.69) is 26.0 Å². The molecule has 0 unspecified atom stereocenters. The molecule has 0 radical (unpaired) electrons. The first-order chi connectivity index (χ1) is 5.29. The van der Waals surface area contributed by atoms with E-state index in [1.165, 1.54) is 22.3 Å². The second-order valence-electron chi connectivity index (χ2n) is 3.14. The Balaban J connectivity index is 2.62. The number of hydrogen-bond acceptors (Lipinski definition) is 1. The standard InChI is InChI=1S/C10H12O/c1-7-3-4-9-5-11-6-10(9)8(7)2/h3-4H,5-6H2,1-2H3. The molecule has 0 bridgehead atoms. The Labute approximate surface area is 67.0 Å². The summed E-state index contributed by atoms with van der Waals surface area (Å²) in [5.74, 6) is 0. The quantitative estimate of drug-likeness (QED) is 0.548. The molecule has 1 aromatic carbocycles. The van der Waals surface area contributed by atoms with Crippen LogP contribution in [0.15, 0.2) is 12.1 Å². The lowest BCUT2D eigenvalue weighted by molar-refractivity contribution is 0.134. The van der Waals surface area contributed by atoms with Gasteiger partial charge in [0.25, 0.3) is 0 Å². The molecule has 0 saturated heterocycles. The Morgan fingerprint density at radius 2 is 2.00 bits per heavy atom. The van der Waals surface area contributed by atoms with Crippen LogP contribution in [0.2, 0.25) is 0 Å². The van der Waals surface area contributed by atoms with E-state index in [4.69, 9.17) is 4.74 Å². The van der Waals surface area contributed by atoms with Crippen LogP contribution < -0.4 is 0 Å². The summed E-state index contributed by atoms with van der Waals surface area (Å²) in [4.78, 5) is 0. The van der Waals surface area contributed by atoms with Crippen LogP contribution in [0.4, 0.5) is 0 Å². The van der Waals surface area contributed by atoms with Crippen LogP contribution in [0.25, 0.3) is 0 Å². The van der Waals surface area contributed by atoms with Crippen LogP contribution in [0.3, 0.4) is 0 Å². The van der Waals surface area contributed by atoms with Crippen LogP contribution in [0.5, 0.6) is 0 Å². The fraction of sp³-hybridized carbons (Fsp3) is 0.400. The van der Waals surface area contributed by atoms with E-state index in [0.29, 0.717) is 0 Å². The lowest BCUT2D eigenvalue weighted by Crippen LogP contribution is -1.90. The van der Waals surface area contributed by atoms with E-state index >= 15 is 0 Å². The zero-order chi connectivity index (χ0) is 7.84. The maximum absolute atomic E-state index is 5.35. The molecule has 0 spiro atoms. The first-order valence-corrected chi connectivity index (χ1v) is 3.95. The molecule has 0 amide bonds. The fourth-order valence-electron chi connectivity index (χ4n) is 1.53. The van der Waals surface area contributed by atoms with Gasteiger partial charge in [0.15, 0.2) is 0 Å². The van der Waals surface area contributed by atoms with Crippen LogP contribution in [-0.4, -0.2) is 0 Å². The van der Waals surface area contributed by atoms with Crippen molar-refractivity contribution in [1.82, 2.24) is 0 Å². The summed E-state index contributed by atoms with van der Waals surface area (Å²) in [5.41, 5.74) is 5.55. The molecule has 0 aromatic heterocycles. The molecule has 1 aromatic rings. The van der Waals surface area contributed by atoms with Crippen molar-refractivity contribution in [3.8, 4) is 0 Å². The van der Waals surface area contributed by atoms with Crippen LogP contribution in [-0.2, 0) is 18.0 Å². The van der Waals surface area contributed by atoms with Gasteiger partial charge in [-0.05, 0) is 36.1 Å². The molecule has 11 heavy (non-hydrogen) atoms. The first kappa shape index (κ1) is 6.86. The Morgan fingerprint density at radius 3 is 2.82 bits per heavy atom. The molecule has 1 nitrogen and oxygen atoms in total. The van der Waals surface area contributed by atoms with Crippen molar-refractivity contribution in [3.05, 3.63) is 34.4 Å². The highest BCUT2D eigenvalue weighted by Crippen LogP contribution is 2.24. The van der Waals surface area contributed by atoms with Crippen molar-refractivity contribution in [2.75, 3.05) is 0 Å². The average Bonchev–Trinajstić information content (AvgIpc) is 2.45. The second-order valence-corrected chi connectivity index (χ2v) is 3.14. The molecule has 0 aliphatic carbocycles. The summed E-state index contributed by atoms with van der Waals surface area (Å²) in [5, 5.41) is 0. The van der Waals surface area contributed by atoms with Gasteiger partial charge in [0.2, 0.25) is 0 Å². The third-order valence-corrected chi connectivity index (χ3v) is 2.47. The summed E-state index contributed by atoms with van der Waals surface area (Å²) < 4.78 is 5.35. The van der Waals surface area contributed by atoms with Crippen LogP contribution in [0.1, 0.15) is 22.3 Å². The van der Waals surface area contributed by atoms with Crippen molar-refractivity contribution in [2.45, 2.75) is 27.1 Å². The largest absolute Gasteiger partial charge is 0.372 e. The van der Waals surface area contributed by atoms with Crippen molar-refractivity contribution < 1.29 is 4.74 Å². The summed E-state index contributed by atoms with van der Waals surface area (Å²) in [6.45, 7) is 5.93. The molecule has 0 fully saturated rings. The highest BCUT2D eigenvalue weighted by molar-refractivity contribution is 5.40. The molecule has 1 heterocycles. The van der Waals surface area contributed by atoms with E-state index < -0.39 is 0 Å². The molecular formula is C10H12O. The fourth-order valence-corrected chi connectivity index (χ4v) is 1.53. The predicted molar refractivity (Wildman–Crippen MR) is 44.4 cm³/mol. The molecule has 0 saturated carbocycles. The number of fused-ring (bicyclic) bond motifs is 1. The number of ether oxygens (including phenoxy) is 1. The molecule has 0 atom stereocenters. The molecule has 0 N–H and O–H groups in total. The Hall–Kier alpha value is -0.820. The molecule has 1 aliphatic rings. The number of benzene rings is 1. The van der Waals surface area contributed by atoms with E-state index in [1.54, 1.807) is 0 Å². The Bertz CT molecular complexity index is 289. The third-order valence-electron chi connectivity index (χ3n) is 2.47. The normalized spacial score (nSPS) is 15.1. The zero-order valence-electron chi connectivity index (χ0n) is 6.98. The van der Waals surface area contributed by atoms with E-state index in [9.17, 15) is 0 Å². The number of hydrogen-bond donors (Lipinski definition) is 0. The Morgan fingerprint density at radius 1 is 1.18 bits per heavy atom. The molecule has 1 aliphatic heterocycles. The van der Waals surface area contributed by atoms with E-state index in [1.807, 2.05) is 0 Å². The van der Waals surface area contributed by atoms with E-state index in [-0.39, 0.29) is 0 Å². The minimum atomic E-state index is 0.802. The van der Waals surface area contributed by atoms with Gasteiger partial charge in [-0.2, -0.15) is 0 Å². The number of rotatable bonds is 0. The summed E-state index contributed by atoms with van der Waals surface area (Å²) in [6, 6.07) is 4.34. The lowest BCUT2D eigenvalue weighted by Gasteiger charge is -2.04. The second kappa shape index (κ2) is 2.35. The smallest absolute Gasteiger partial charge is 0.0727 e. The summed E-state index contributed by atoms with van der Waals surface area (Å²) >= 11 is 0. The van der Waals surface area contributed by atoms with Gasteiger partial charge in [0.1, 0.15) is 0 Å². The van der Waals surface area contributed by atoms with Gasteiger partial charge >= 0.3 is 0 Å². The highest BCUT2D eigenvalue weighted by Gasteiger charge is 2.13. The maximum Gasteiger partial charge on any atom is 0.0727 e. The maximum atomic E-state index is 5.35. The molecular weight excluding hydrogens is 136 g/mol. The summed E-state index contributed by atoms with van der Waals surface area (Å²) in [6.07, 6.45) is 0. The average molecular weight is 148 g/mol. The van der Waals surface area contributed by atoms with Crippen molar-refractivity contribution >= 4 is 0 Å². The van der Waals surface area contributed by atoms with Gasteiger partial charge in [0.05, 0.1) is 13.2 Å². The lowest BCUT2D eigenvalue weighted by atomic mass is 10.0. The van der Waals surface area contributed by atoms with Crippen LogP contribution in [0, 0.1) is 13.8 Å². The minimum absolute atomic E-state index is 0.802. The summed E-state index contributed by atoms with van der Waals surface area (Å²) in [7, 11) is 0. The van der Waals surface area contributed by atoms with Gasteiger partial charge in [-0.3, -0.25) is 0 Å². The molecule has 1 heteroatoms. The van der Waals surface area contributed by atoms with Crippen molar-refractivity contribution in [2.24, 2.45) is 0 Å². The predicted octanol–water partition coefficient (Wildman–Crippen LogP) is 2.33. The van der Waals surface area contributed by atoms with E-state index in [0.717, 1.165) is 13.2 Å². The van der Waals surface area contributed by atoms with Gasteiger partial charge in [-0.1, -0.05) is 12.1 Å². The zero-order valence-corrected chi connectivity index (χ0v) is 6.98. The van der Waals surface area contributed by atoms with Crippen molar-refractivity contribution in [3.63, 3.8) is 0 Å². The molecule has 2 rings (SSSR count). The SMILES string of the molecule is Cc1ccc2c(c1C)COC2. The van der Waals surface area contributed by atoms with Gasteiger partial charge in [-0.15, -0.1) is 0 Å². The molecule has 58 valence electrons. The van der Waals surface area contributed by atoms with Gasteiger partial charge < -0.3 is 4.74 Å². The van der Waals surface area contributed by atoms with Crippen LogP contribution >= 0.6 is 0 Å². The number of aryl methyl sites for hydroxylation is 1.